The van der Waals surface area contributed by atoms with Crippen molar-refractivity contribution in [3.8, 4) is 22.9 Å². The molecule has 1 amide bonds. The van der Waals surface area contributed by atoms with Crippen molar-refractivity contribution in [2.24, 2.45) is 5.92 Å². The summed E-state index contributed by atoms with van der Waals surface area (Å²) in [6.45, 7) is 5.08. The molecule has 5 rings (SSSR count). The Morgan fingerprint density at radius 2 is 2.06 bits per heavy atom. The van der Waals surface area contributed by atoms with Crippen LogP contribution in [0.15, 0.2) is 60.9 Å². The first-order valence-corrected chi connectivity index (χ1v) is 11.0. The molecule has 0 unspecified atom stereocenters. The average Bonchev–Trinajstić information content (AvgIpc) is 3.31. The lowest BCUT2D eigenvalue weighted by Crippen LogP contribution is -2.52. The number of aromatic amines is 1. The van der Waals surface area contributed by atoms with Crippen LogP contribution in [0.1, 0.15) is 12.6 Å². The first kappa shape index (κ1) is 21.1. The van der Waals surface area contributed by atoms with E-state index >= 15 is 0 Å². The summed E-state index contributed by atoms with van der Waals surface area (Å²) in [5, 5.41) is 7.90. The van der Waals surface area contributed by atoms with E-state index in [1.54, 1.807) is 19.3 Å². The summed E-state index contributed by atoms with van der Waals surface area (Å²) in [6.07, 6.45) is 3.47. The molecule has 4 heterocycles. The van der Waals surface area contributed by atoms with Crippen LogP contribution in [0.4, 0.5) is 0 Å². The predicted octanol–water partition coefficient (Wildman–Crippen LogP) is 3.72. The van der Waals surface area contributed by atoms with Crippen molar-refractivity contribution >= 4 is 16.8 Å². The average molecular weight is 443 g/mol. The lowest BCUT2D eigenvalue weighted by atomic mass is 9.99. The van der Waals surface area contributed by atoms with Crippen LogP contribution in [0.2, 0.25) is 0 Å². The molecule has 4 aromatic rings. The van der Waals surface area contributed by atoms with E-state index in [-0.39, 0.29) is 5.91 Å². The van der Waals surface area contributed by atoms with E-state index in [0.717, 1.165) is 59.8 Å². The number of amides is 1. The zero-order valence-electron chi connectivity index (χ0n) is 18.7. The zero-order valence-corrected chi connectivity index (χ0v) is 18.7. The van der Waals surface area contributed by atoms with Gasteiger partial charge in [0.2, 0.25) is 11.8 Å². The predicted molar refractivity (Wildman–Crippen MR) is 126 cm³/mol. The number of likely N-dealkylation sites (tertiary alicyclic amines) is 1. The Bertz CT molecular complexity index is 1250. The van der Waals surface area contributed by atoms with Gasteiger partial charge in [-0.25, -0.2) is 4.98 Å². The van der Waals surface area contributed by atoms with Crippen molar-refractivity contribution in [3.63, 3.8) is 0 Å². The second-order valence-electron chi connectivity index (χ2n) is 8.60. The van der Waals surface area contributed by atoms with Crippen LogP contribution < -0.4 is 4.74 Å². The number of fused-ring (bicyclic) bond motifs is 1. The number of ether oxygens (including phenoxy) is 1. The van der Waals surface area contributed by atoms with E-state index in [0.29, 0.717) is 11.8 Å². The molecular weight excluding hydrogens is 416 g/mol. The number of carbonyl (C=O) groups excluding carboxylic acids is 1. The Balaban J connectivity index is 1.20. The third-order valence-electron chi connectivity index (χ3n) is 5.89. The normalized spacial score (nSPS) is 14.0. The maximum absolute atomic E-state index is 11.3. The van der Waals surface area contributed by atoms with E-state index < -0.39 is 0 Å². The van der Waals surface area contributed by atoms with Gasteiger partial charge >= 0.3 is 0 Å². The highest BCUT2D eigenvalue weighted by Gasteiger charge is 2.29. The minimum Gasteiger partial charge on any atom is -0.439 e. The van der Waals surface area contributed by atoms with E-state index in [1.807, 2.05) is 41.3 Å². The van der Waals surface area contributed by atoms with E-state index in [1.165, 1.54) is 0 Å². The lowest BCUT2D eigenvalue weighted by molar-refractivity contribution is -0.135. The Kier molecular flexibility index (Phi) is 5.75. The third kappa shape index (κ3) is 4.85. The van der Waals surface area contributed by atoms with Gasteiger partial charge in [0.25, 0.3) is 0 Å². The molecule has 0 aliphatic carbocycles. The van der Waals surface area contributed by atoms with Gasteiger partial charge in [-0.1, -0.05) is 6.07 Å². The van der Waals surface area contributed by atoms with Gasteiger partial charge in [-0.15, -0.1) is 0 Å². The molecular formula is C25H26N6O2. The van der Waals surface area contributed by atoms with Crippen molar-refractivity contribution in [1.29, 1.82) is 0 Å². The summed E-state index contributed by atoms with van der Waals surface area (Å²) in [6, 6.07) is 15.7. The molecule has 0 spiro atoms. The molecule has 1 aromatic carbocycles. The number of aromatic nitrogens is 4. The van der Waals surface area contributed by atoms with Gasteiger partial charge in [0.1, 0.15) is 5.75 Å². The summed E-state index contributed by atoms with van der Waals surface area (Å²) >= 11 is 0. The number of benzene rings is 1. The van der Waals surface area contributed by atoms with Crippen LogP contribution in [-0.2, 0) is 11.3 Å². The van der Waals surface area contributed by atoms with Gasteiger partial charge in [0, 0.05) is 68.4 Å². The van der Waals surface area contributed by atoms with E-state index in [9.17, 15) is 4.79 Å². The van der Waals surface area contributed by atoms with Crippen molar-refractivity contribution in [1.82, 2.24) is 30.0 Å². The number of carbonyl (C=O) groups is 1. The molecule has 1 aliphatic heterocycles. The monoisotopic (exact) mass is 442 g/mol. The van der Waals surface area contributed by atoms with Crippen molar-refractivity contribution in [2.45, 2.75) is 13.5 Å². The maximum atomic E-state index is 11.3. The molecule has 8 heteroatoms. The quantitative estimate of drug-likeness (QED) is 0.469. The van der Waals surface area contributed by atoms with Gasteiger partial charge in [-0.2, -0.15) is 5.10 Å². The topological polar surface area (TPSA) is 87.2 Å². The van der Waals surface area contributed by atoms with Crippen LogP contribution in [0, 0.1) is 5.92 Å². The molecule has 33 heavy (non-hydrogen) atoms. The number of hydrogen-bond donors (Lipinski definition) is 1. The van der Waals surface area contributed by atoms with Gasteiger partial charge in [-0.05, 0) is 43.4 Å². The summed E-state index contributed by atoms with van der Waals surface area (Å²) in [5.74, 6) is 1.95. The minimum absolute atomic E-state index is 0.162. The Labute approximate surface area is 192 Å². The van der Waals surface area contributed by atoms with E-state index in [2.05, 4.69) is 39.3 Å². The Hall–Kier alpha value is -3.78. The number of hydrogen-bond acceptors (Lipinski definition) is 6. The van der Waals surface area contributed by atoms with Gasteiger partial charge < -0.3 is 14.5 Å². The molecule has 8 nitrogen and oxygen atoms in total. The van der Waals surface area contributed by atoms with Crippen molar-refractivity contribution in [3.05, 3.63) is 66.6 Å². The van der Waals surface area contributed by atoms with Crippen molar-refractivity contribution in [2.75, 3.05) is 26.7 Å². The summed E-state index contributed by atoms with van der Waals surface area (Å²) in [4.78, 5) is 24.7. The smallest absolute Gasteiger partial charge is 0.219 e. The maximum Gasteiger partial charge on any atom is 0.219 e. The molecule has 1 aliphatic rings. The lowest BCUT2D eigenvalue weighted by Gasteiger charge is -2.40. The summed E-state index contributed by atoms with van der Waals surface area (Å²) in [5.41, 5.74) is 3.83. The minimum atomic E-state index is 0.162. The SMILES string of the molecule is CC(=O)N1CC(CN(C)Cc2ccc3cc(Oc4ccc(-c5ccn[nH]5)cn4)ccc3n2)C1. The van der Waals surface area contributed by atoms with Crippen LogP contribution in [0.5, 0.6) is 11.6 Å². The summed E-state index contributed by atoms with van der Waals surface area (Å²) in [7, 11) is 2.10. The van der Waals surface area contributed by atoms with E-state index in [4.69, 9.17) is 9.72 Å². The molecule has 0 radical (unpaired) electrons. The largest absolute Gasteiger partial charge is 0.439 e. The second kappa shape index (κ2) is 8.99. The third-order valence-corrected chi connectivity index (χ3v) is 5.89. The van der Waals surface area contributed by atoms with Gasteiger partial charge in [-0.3, -0.25) is 14.9 Å². The van der Waals surface area contributed by atoms with Crippen LogP contribution in [0.3, 0.4) is 0 Å². The number of nitrogens with zero attached hydrogens (tertiary/aromatic N) is 5. The fourth-order valence-electron chi connectivity index (χ4n) is 4.16. The molecule has 0 saturated carbocycles. The highest BCUT2D eigenvalue weighted by Crippen LogP contribution is 2.26. The molecule has 3 aromatic heterocycles. The Morgan fingerprint density at radius 1 is 1.18 bits per heavy atom. The summed E-state index contributed by atoms with van der Waals surface area (Å²) < 4.78 is 5.94. The van der Waals surface area contributed by atoms with Crippen LogP contribution in [-0.4, -0.2) is 62.6 Å². The number of nitrogens with one attached hydrogen (secondary N) is 1. The molecule has 1 saturated heterocycles. The molecule has 0 bridgehead atoms. The van der Waals surface area contributed by atoms with Gasteiger partial charge in [0.15, 0.2) is 0 Å². The molecule has 0 atom stereocenters. The molecule has 168 valence electrons. The highest BCUT2D eigenvalue weighted by atomic mass is 16.5. The first-order chi connectivity index (χ1) is 16.0. The van der Waals surface area contributed by atoms with Crippen LogP contribution >= 0.6 is 0 Å². The Morgan fingerprint density at radius 3 is 2.79 bits per heavy atom. The molecule has 1 N–H and O–H groups in total. The number of H-pyrrole nitrogens is 1. The van der Waals surface area contributed by atoms with Gasteiger partial charge in [0.05, 0.1) is 16.9 Å². The standard InChI is InChI=1S/C25H26N6O2/c1-17(32)31-14-18(15-31)13-30(2)16-21-5-3-19-11-22(6-7-23(19)28-21)33-25-8-4-20(12-26-25)24-9-10-27-29-24/h3-12,18H,13-16H2,1-2H3,(H,27,29). The number of rotatable bonds is 7. The first-order valence-electron chi connectivity index (χ1n) is 11.0. The second-order valence-corrected chi connectivity index (χ2v) is 8.60. The highest BCUT2D eigenvalue weighted by molar-refractivity contribution is 5.80. The number of pyridine rings is 2. The fourth-order valence-corrected chi connectivity index (χ4v) is 4.16. The molecule has 1 fully saturated rings. The fraction of sp³-hybridized carbons (Fsp3) is 0.280. The zero-order chi connectivity index (χ0) is 22.8. The van der Waals surface area contributed by atoms with Crippen molar-refractivity contribution < 1.29 is 9.53 Å². The van der Waals surface area contributed by atoms with Crippen LogP contribution in [0.25, 0.3) is 22.2 Å².